The molecule has 0 amide bonds. The van der Waals surface area contributed by atoms with Gasteiger partial charge in [-0.3, -0.25) is 0 Å². The number of benzene rings is 2. The summed E-state index contributed by atoms with van der Waals surface area (Å²) >= 11 is 0. The molecule has 0 aliphatic rings. The number of aliphatic hydroxyl groups is 4. The van der Waals surface area contributed by atoms with Gasteiger partial charge in [-0.1, -0.05) is 35.9 Å². The van der Waals surface area contributed by atoms with Crippen molar-refractivity contribution in [3.63, 3.8) is 0 Å². The third kappa shape index (κ3) is 7.19. The minimum absolute atomic E-state index is 0.692. The minimum Gasteiger partial charge on any atom is -0.374 e. The zero-order valence-corrected chi connectivity index (χ0v) is 16.7. The Morgan fingerprint density at radius 2 is 0.889 bits per heavy atom. The van der Waals surface area contributed by atoms with E-state index in [2.05, 4.69) is 0 Å². The first-order valence-electron chi connectivity index (χ1n) is 9.05. The van der Waals surface area contributed by atoms with Crippen LogP contribution in [0.15, 0.2) is 54.6 Å². The molecule has 0 aliphatic heterocycles. The van der Waals surface area contributed by atoms with Crippen LogP contribution in [-0.4, -0.2) is 45.3 Å². The van der Waals surface area contributed by atoms with E-state index in [0.717, 1.165) is 16.9 Å². The fourth-order valence-electron chi connectivity index (χ4n) is 2.80. The molecule has 0 aromatic heterocycles. The van der Waals surface area contributed by atoms with Gasteiger partial charge in [0.25, 0.3) is 0 Å². The van der Waals surface area contributed by atoms with Crippen LogP contribution < -0.4 is 9.80 Å². The van der Waals surface area contributed by atoms with Crippen molar-refractivity contribution in [3.05, 3.63) is 60.2 Å². The molecule has 0 fully saturated rings. The van der Waals surface area contributed by atoms with Gasteiger partial charge >= 0.3 is 0 Å². The van der Waals surface area contributed by atoms with Crippen LogP contribution in [0.1, 0.15) is 33.3 Å². The maximum atomic E-state index is 9.47. The lowest BCUT2D eigenvalue weighted by atomic mass is 10.2. The highest BCUT2D eigenvalue weighted by Crippen LogP contribution is 2.19. The quantitative estimate of drug-likeness (QED) is 0.580. The number of hydrogen-bond donors (Lipinski definition) is 4. The summed E-state index contributed by atoms with van der Waals surface area (Å²) in [5, 5.41) is 37.7. The van der Waals surface area contributed by atoms with E-state index < -0.39 is 24.9 Å². The van der Waals surface area contributed by atoms with Crippen LogP contribution in [0.25, 0.3) is 0 Å². The van der Waals surface area contributed by atoms with E-state index in [1.807, 2.05) is 61.5 Å². The highest BCUT2D eigenvalue weighted by Gasteiger charge is 2.16. The SMILES string of the molecule is CC(O)N(c1ccccc1)C(C)O.Cc1ccc(N(C(C)O)C(C)O)cc1. The molecular weight excluding hydrogens is 344 g/mol. The first-order valence-corrected chi connectivity index (χ1v) is 9.05. The predicted molar refractivity (Wildman–Crippen MR) is 109 cm³/mol. The van der Waals surface area contributed by atoms with Crippen LogP contribution in [-0.2, 0) is 0 Å². The number of rotatable bonds is 6. The first-order chi connectivity index (χ1) is 12.6. The molecule has 2 rings (SSSR count). The fourth-order valence-corrected chi connectivity index (χ4v) is 2.80. The molecule has 0 bridgehead atoms. The number of nitrogens with zero attached hydrogens (tertiary/aromatic N) is 2. The second-order valence-electron chi connectivity index (χ2n) is 6.51. The standard InChI is InChI=1S/C11H17NO2.C10H15NO2/c1-8-4-6-11(7-5-8)12(9(2)13)10(3)14;1-8(12)11(9(2)13)10-6-4-3-5-7-10/h4-7,9-10,13-14H,1-3H3;3-9,12-13H,1-2H3. The predicted octanol–water partition coefficient (Wildman–Crippen LogP) is 2.65. The van der Waals surface area contributed by atoms with Crippen LogP contribution >= 0.6 is 0 Å². The van der Waals surface area contributed by atoms with Crippen molar-refractivity contribution in [3.8, 4) is 0 Å². The first kappa shape index (κ1) is 22.9. The van der Waals surface area contributed by atoms with Gasteiger partial charge in [-0.25, -0.2) is 0 Å². The molecule has 0 saturated carbocycles. The van der Waals surface area contributed by atoms with Crippen LogP contribution in [0.2, 0.25) is 0 Å². The summed E-state index contributed by atoms with van der Waals surface area (Å²) in [5.74, 6) is 0. The number of aliphatic hydroxyl groups excluding tert-OH is 4. The average molecular weight is 376 g/mol. The van der Waals surface area contributed by atoms with Crippen LogP contribution in [0.3, 0.4) is 0 Å². The van der Waals surface area contributed by atoms with Crippen molar-refractivity contribution >= 4 is 11.4 Å². The van der Waals surface area contributed by atoms with Gasteiger partial charge < -0.3 is 30.2 Å². The number of hydrogen-bond acceptors (Lipinski definition) is 6. The molecule has 6 heteroatoms. The maximum Gasteiger partial charge on any atom is 0.126 e. The largest absolute Gasteiger partial charge is 0.374 e. The second kappa shape index (κ2) is 10.9. The van der Waals surface area contributed by atoms with Gasteiger partial charge in [0.2, 0.25) is 0 Å². The molecular formula is C21H32N2O4. The molecule has 0 radical (unpaired) electrons. The van der Waals surface area contributed by atoms with Gasteiger partial charge in [0, 0.05) is 11.4 Å². The summed E-state index contributed by atoms with van der Waals surface area (Å²) in [6, 6.07) is 17.0. The van der Waals surface area contributed by atoms with Gasteiger partial charge in [0.15, 0.2) is 0 Å². The molecule has 150 valence electrons. The van der Waals surface area contributed by atoms with Crippen LogP contribution in [0, 0.1) is 6.92 Å². The maximum absolute atomic E-state index is 9.47. The third-order valence-electron chi connectivity index (χ3n) is 4.00. The van der Waals surface area contributed by atoms with E-state index in [1.54, 1.807) is 32.6 Å². The Morgan fingerprint density at radius 3 is 1.22 bits per heavy atom. The number of anilines is 2. The molecule has 0 heterocycles. The van der Waals surface area contributed by atoms with Gasteiger partial charge in [-0.2, -0.15) is 0 Å². The van der Waals surface area contributed by atoms with E-state index in [0.29, 0.717) is 0 Å². The summed E-state index contributed by atoms with van der Waals surface area (Å²) < 4.78 is 0. The molecule has 0 saturated heterocycles. The van der Waals surface area contributed by atoms with Gasteiger partial charge in [-0.05, 0) is 58.9 Å². The third-order valence-corrected chi connectivity index (χ3v) is 4.00. The molecule has 6 nitrogen and oxygen atoms in total. The van der Waals surface area contributed by atoms with Crippen molar-refractivity contribution in [1.82, 2.24) is 0 Å². The lowest BCUT2D eigenvalue weighted by Crippen LogP contribution is -2.40. The molecule has 4 atom stereocenters. The Kier molecular flexibility index (Phi) is 9.25. The van der Waals surface area contributed by atoms with Gasteiger partial charge in [0.05, 0.1) is 0 Å². The molecule has 0 aliphatic carbocycles. The molecule has 0 spiro atoms. The molecule has 4 N–H and O–H groups in total. The van der Waals surface area contributed by atoms with Crippen molar-refractivity contribution in [2.45, 2.75) is 59.5 Å². The minimum atomic E-state index is -0.697. The number of para-hydroxylation sites is 1. The summed E-state index contributed by atoms with van der Waals surface area (Å²) in [6.45, 7) is 8.51. The van der Waals surface area contributed by atoms with Crippen molar-refractivity contribution in [2.24, 2.45) is 0 Å². The molecule has 27 heavy (non-hydrogen) atoms. The second-order valence-corrected chi connectivity index (χ2v) is 6.51. The van der Waals surface area contributed by atoms with E-state index in [-0.39, 0.29) is 0 Å². The fraction of sp³-hybridized carbons (Fsp3) is 0.429. The van der Waals surface area contributed by atoms with Gasteiger partial charge in [-0.15, -0.1) is 0 Å². The van der Waals surface area contributed by atoms with E-state index in [1.165, 1.54) is 4.90 Å². The van der Waals surface area contributed by atoms with Crippen molar-refractivity contribution in [2.75, 3.05) is 9.80 Å². The number of aryl methyl sites for hydroxylation is 1. The topological polar surface area (TPSA) is 87.4 Å². The Bertz CT molecular complexity index is 627. The molecule has 2 aromatic rings. The smallest absolute Gasteiger partial charge is 0.126 e. The monoisotopic (exact) mass is 376 g/mol. The lowest BCUT2D eigenvalue weighted by molar-refractivity contribution is 0.104. The van der Waals surface area contributed by atoms with Crippen molar-refractivity contribution < 1.29 is 20.4 Å². The average Bonchev–Trinajstić information content (AvgIpc) is 2.57. The zero-order chi connectivity index (χ0) is 20.6. The highest BCUT2D eigenvalue weighted by atomic mass is 16.3. The Morgan fingerprint density at radius 1 is 0.556 bits per heavy atom. The van der Waals surface area contributed by atoms with Crippen LogP contribution in [0.4, 0.5) is 11.4 Å². The van der Waals surface area contributed by atoms with Crippen LogP contribution in [0.5, 0.6) is 0 Å². The van der Waals surface area contributed by atoms with Gasteiger partial charge in [0.1, 0.15) is 24.9 Å². The summed E-state index contributed by atoms with van der Waals surface area (Å²) in [5.41, 5.74) is 2.79. The summed E-state index contributed by atoms with van der Waals surface area (Å²) in [6.07, 6.45) is -2.78. The van der Waals surface area contributed by atoms with E-state index in [4.69, 9.17) is 0 Å². The normalized spacial score (nSPS) is 15.0. The molecule has 2 aromatic carbocycles. The summed E-state index contributed by atoms with van der Waals surface area (Å²) in [7, 11) is 0. The van der Waals surface area contributed by atoms with Crippen molar-refractivity contribution in [1.29, 1.82) is 0 Å². The summed E-state index contributed by atoms with van der Waals surface area (Å²) in [4.78, 5) is 3.07. The Balaban J connectivity index is 0.000000271. The van der Waals surface area contributed by atoms with E-state index >= 15 is 0 Å². The lowest BCUT2D eigenvalue weighted by Gasteiger charge is -2.30. The highest BCUT2D eigenvalue weighted by molar-refractivity contribution is 5.48. The zero-order valence-electron chi connectivity index (χ0n) is 16.7. The Labute approximate surface area is 161 Å². The van der Waals surface area contributed by atoms with E-state index in [9.17, 15) is 20.4 Å². The molecule has 4 unspecified atom stereocenters. The Hall–Kier alpha value is -2.12.